The molecular weight excluding hydrogens is 392 g/mol. The molecule has 4 nitrogen and oxygen atoms in total. The molecule has 0 aromatic heterocycles. The van der Waals surface area contributed by atoms with Crippen molar-refractivity contribution in [3.8, 4) is 0 Å². The molecule has 4 rings (SSSR count). The van der Waals surface area contributed by atoms with Gasteiger partial charge in [-0.25, -0.2) is 0 Å². The fraction of sp³-hybridized carbons (Fsp3) is 0.0455. The number of anilines is 1. The fourth-order valence-electron chi connectivity index (χ4n) is 2.99. The van der Waals surface area contributed by atoms with Crippen molar-refractivity contribution in [2.24, 2.45) is 4.40 Å². The number of sulfonamides is 1. The molecular formula is C22H17ClN2O2S. The van der Waals surface area contributed by atoms with Gasteiger partial charge in [0.15, 0.2) is 5.84 Å². The fourth-order valence-corrected chi connectivity index (χ4v) is 4.14. The Kier molecular flexibility index (Phi) is 4.79. The summed E-state index contributed by atoms with van der Waals surface area (Å²) in [5.41, 5.74) is 4.21. The molecule has 0 radical (unpaired) electrons. The summed E-state index contributed by atoms with van der Waals surface area (Å²) in [5.74, 6) is 0.279. The maximum atomic E-state index is 12.8. The van der Waals surface area contributed by atoms with E-state index in [1.54, 1.807) is 36.4 Å². The molecule has 3 aromatic rings. The van der Waals surface area contributed by atoms with Crippen LogP contribution in [-0.4, -0.2) is 14.3 Å². The molecule has 0 bridgehead atoms. The molecule has 140 valence electrons. The molecule has 1 aliphatic heterocycles. The Balaban J connectivity index is 1.84. The summed E-state index contributed by atoms with van der Waals surface area (Å²) in [5, 5.41) is 3.66. The van der Waals surface area contributed by atoms with Crippen molar-refractivity contribution >= 4 is 44.8 Å². The molecule has 1 N–H and O–H groups in total. The third-order valence-corrected chi connectivity index (χ3v) is 5.95. The Morgan fingerprint density at radius 2 is 1.68 bits per heavy atom. The lowest BCUT2D eigenvalue weighted by molar-refractivity contribution is 0.598. The second kappa shape index (κ2) is 7.26. The van der Waals surface area contributed by atoms with Crippen LogP contribution in [-0.2, 0) is 10.0 Å². The summed E-state index contributed by atoms with van der Waals surface area (Å²) in [6.07, 6.45) is 1.91. The van der Waals surface area contributed by atoms with Gasteiger partial charge in [-0.2, -0.15) is 8.42 Å². The van der Waals surface area contributed by atoms with Crippen molar-refractivity contribution in [1.29, 1.82) is 0 Å². The topological polar surface area (TPSA) is 58.5 Å². The third-order valence-electron chi connectivity index (χ3n) is 4.42. The van der Waals surface area contributed by atoms with E-state index >= 15 is 0 Å². The first-order chi connectivity index (χ1) is 13.4. The van der Waals surface area contributed by atoms with Crippen LogP contribution in [0.15, 0.2) is 82.1 Å². The lowest BCUT2D eigenvalue weighted by Crippen LogP contribution is -2.10. The Labute approximate surface area is 169 Å². The number of aryl methyl sites for hydroxylation is 1. The van der Waals surface area contributed by atoms with E-state index in [0.717, 1.165) is 22.4 Å². The molecule has 0 aliphatic carbocycles. The molecule has 1 heterocycles. The number of hydrogen-bond acceptors (Lipinski definition) is 2. The minimum absolute atomic E-state index is 0.153. The summed E-state index contributed by atoms with van der Waals surface area (Å²) in [7, 11) is -3.86. The van der Waals surface area contributed by atoms with E-state index in [4.69, 9.17) is 11.6 Å². The average molecular weight is 409 g/mol. The first-order valence-electron chi connectivity index (χ1n) is 8.68. The SMILES string of the molecule is Cc1ccc(S(=O)(=O)N=C2Nc3cc(Cl)ccc3C2=Cc2ccccc2)cc1. The lowest BCUT2D eigenvalue weighted by Gasteiger charge is -2.04. The predicted molar refractivity (Wildman–Crippen MR) is 115 cm³/mol. The predicted octanol–water partition coefficient (Wildman–Crippen LogP) is 5.40. The molecule has 0 amide bonds. The number of rotatable bonds is 3. The Morgan fingerprint density at radius 1 is 0.964 bits per heavy atom. The second-order valence-electron chi connectivity index (χ2n) is 6.51. The quantitative estimate of drug-likeness (QED) is 0.631. The number of fused-ring (bicyclic) bond motifs is 1. The van der Waals surface area contributed by atoms with Gasteiger partial charge in [-0.15, -0.1) is 4.40 Å². The summed E-state index contributed by atoms with van der Waals surface area (Å²) in [4.78, 5) is 0.153. The minimum atomic E-state index is -3.86. The van der Waals surface area contributed by atoms with Crippen LogP contribution < -0.4 is 5.32 Å². The van der Waals surface area contributed by atoms with Crippen molar-refractivity contribution in [3.05, 3.63) is 94.5 Å². The van der Waals surface area contributed by atoms with E-state index in [1.807, 2.05) is 49.4 Å². The van der Waals surface area contributed by atoms with E-state index < -0.39 is 10.0 Å². The van der Waals surface area contributed by atoms with Crippen LogP contribution in [0.1, 0.15) is 16.7 Å². The van der Waals surface area contributed by atoms with Gasteiger partial charge in [-0.3, -0.25) is 0 Å². The maximum absolute atomic E-state index is 12.8. The first-order valence-corrected chi connectivity index (χ1v) is 10.5. The minimum Gasteiger partial charge on any atom is -0.338 e. The molecule has 0 saturated carbocycles. The van der Waals surface area contributed by atoms with Crippen molar-refractivity contribution < 1.29 is 8.42 Å². The zero-order chi connectivity index (χ0) is 19.7. The van der Waals surface area contributed by atoms with E-state index in [-0.39, 0.29) is 10.7 Å². The van der Waals surface area contributed by atoms with E-state index in [1.165, 1.54) is 0 Å². The summed E-state index contributed by atoms with van der Waals surface area (Å²) in [6, 6.07) is 21.7. The average Bonchev–Trinajstić information content (AvgIpc) is 2.98. The number of benzene rings is 3. The summed E-state index contributed by atoms with van der Waals surface area (Å²) in [6.45, 7) is 1.90. The van der Waals surface area contributed by atoms with Crippen LogP contribution in [0.2, 0.25) is 5.02 Å². The van der Waals surface area contributed by atoms with Crippen LogP contribution in [0.25, 0.3) is 11.6 Å². The largest absolute Gasteiger partial charge is 0.338 e. The van der Waals surface area contributed by atoms with Gasteiger partial charge in [0.2, 0.25) is 0 Å². The van der Waals surface area contributed by atoms with Crippen molar-refractivity contribution in [2.75, 3.05) is 5.32 Å². The third kappa shape index (κ3) is 3.72. The summed E-state index contributed by atoms with van der Waals surface area (Å²) >= 11 is 6.11. The van der Waals surface area contributed by atoms with Crippen LogP contribution in [0.5, 0.6) is 0 Å². The zero-order valence-electron chi connectivity index (χ0n) is 15.1. The number of halogens is 1. The van der Waals surface area contributed by atoms with Gasteiger partial charge >= 0.3 is 0 Å². The highest BCUT2D eigenvalue weighted by molar-refractivity contribution is 7.90. The summed E-state index contributed by atoms with van der Waals surface area (Å²) < 4.78 is 29.8. The second-order valence-corrected chi connectivity index (χ2v) is 8.55. The highest BCUT2D eigenvalue weighted by atomic mass is 35.5. The molecule has 3 aromatic carbocycles. The Morgan fingerprint density at radius 3 is 2.39 bits per heavy atom. The molecule has 0 saturated heterocycles. The van der Waals surface area contributed by atoms with Gasteiger partial charge < -0.3 is 5.32 Å². The van der Waals surface area contributed by atoms with Crippen LogP contribution in [0.3, 0.4) is 0 Å². The van der Waals surface area contributed by atoms with Gasteiger partial charge in [0.1, 0.15) is 0 Å². The molecule has 0 spiro atoms. The zero-order valence-corrected chi connectivity index (χ0v) is 16.6. The van der Waals surface area contributed by atoms with Gasteiger partial charge in [-0.1, -0.05) is 65.7 Å². The van der Waals surface area contributed by atoms with Crippen LogP contribution >= 0.6 is 11.6 Å². The molecule has 1 aliphatic rings. The first kappa shape index (κ1) is 18.5. The van der Waals surface area contributed by atoms with Crippen LogP contribution in [0.4, 0.5) is 5.69 Å². The number of nitrogens with zero attached hydrogens (tertiary/aromatic N) is 1. The smallest absolute Gasteiger partial charge is 0.284 e. The lowest BCUT2D eigenvalue weighted by atomic mass is 10.0. The van der Waals surface area contributed by atoms with Crippen molar-refractivity contribution in [3.63, 3.8) is 0 Å². The molecule has 6 heteroatoms. The number of nitrogens with one attached hydrogen (secondary N) is 1. The highest BCUT2D eigenvalue weighted by Crippen LogP contribution is 2.36. The Hall–Kier alpha value is -2.89. The van der Waals surface area contributed by atoms with E-state index in [0.29, 0.717) is 10.6 Å². The van der Waals surface area contributed by atoms with Gasteiger partial charge in [0.05, 0.1) is 4.90 Å². The van der Waals surface area contributed by atoms with Gasteiger partial charge in [0, 0.05) is 21.8 Å². The molecule has 0 unspecified atom stereocenters. The standard InChI is InChI=1S/C22H17ClN2O2S/c1-15-7-10-18(11-8-15)28(26,27)25-22-20(13-16-5-3-2-4-6-16)19-12-9-17(23)14-21(19)24-22/h2-14H,1H3,(H,24,25). The number of hydrogen-bond donors (Lipinski definition) is 1. The van der Waals surface area contributed by atoms with Crippen LogP contribution in [0, 0.1) is 6.92 Å². The maximum Gasteiger partial charge on any atom is 0.284 e. The highest BCUT2D eigenvalue weighted by Gasteiger charge is 2.25. The molecule has 28 heavy (non-hydrogen) atoms. The molecule has 0 fully saturated rings. The van der Waals surface area contributed by atoms with Crippen molar-refractivity contribution in [1.82, 2.24) is 0 Å². The van der Waals surface area contributed by atoms with E-state index in [2.05, 4.69) is 9.71 Å². The number of amidine groups is 1. The van der Waals surface area contributed by atoms with Gasteiger partial charge in [-0.05, 0) is 42.8 Å². The van der Waals surface area contributed by atoms with Gasteiger partial charge in [0.25, 0.3) is 10.0 Å². The Bertz CT molecular complexity index is 1200. The van der Waals surface area contributed by atoms with Crippen molar-refractivity contribution in [2.45, 2.75) is 11.8 Å². The molecule has 0 atom stereocenters. The monoisotopic (exact) mass is 408 g/mol. The van der Waals surface area contributed by atoms with E-state index in [9.17, 15) is 8.42 Å². The normalized spacial score (nSPS) is 16.2.